The SMILES string of the molecule is O=C1NC(c2cn[nH]c2-c2ccc3c(c2)OCO3)Nc2ccccc21. The van der Waals surface area contributed by atoms with Crippen molar-refractivity contribution in [3.8, 4) is 22.8 Å². The largest absolute Gasteiger partial charge is 0.454 e. The number of carbonyl (C=O) groups excluding carboxylic acids is 1. The number of aromatic nitrogens is 2. The third-order valence-electron chi connectivity index (χ3n) is 4.39. The monoisotopic (exact) mass is 334 g/mol. The zero-order chi connectivity index (χ0) is 16.8. The highest BCUT2D eigenvalue weighted by molar-refractivity contribution is 6.01. The number of H-pyrrole nitrogens is 1. The number of benzene rings is 2. The third-order valence-corrected chi connectivity index (χ3v) is 4.39. The Morgan fingerprint density at radius 1 is 1.04 bits per heavy atom. The number of para-hydroxylation sites is 1. The molecule has 0 saturated carbocycles. The van der Waals surface area contributed by atoms with E-state index in [9.17, 15) is 4.79 Å². The molecule has 0 bridgehead atoms. The van der Waals surface area contributed by atoms with Crippen molar-refractivity contribution in [3.63, 3.8) is 0 Å². The molecule has 0 spiro atoms. The maximum Gasteiger partial charge on any atom is 0.255 e. The standard InChI is InChI=1S/C18H14N4O3/c23-18-11-3-1-2-4-13(11)20-17(21-18)12-8-19-22-16(12)10-5-6-14-15(7-10)25-9-24-14/h1-8,17,20H,9H2,(H,19,22)(H,21,23). The van der Waals surface area contributed by atoms with Crippen LogP contribution in [0.1, 0.15) is 22.1 Å². The van der Waals surface area contributed by atoms with Crippen LogP contribution in [-0.4, -0.2) is 22.9 Å². The summed E-state index contributed by atoms with van der Waals surface area (Å²) in [6.45, 7) is 0.228. The van der Waals surface area contributed by atoms with Gasteiger partial charge in [-0.1, -0.05) is 12.1 Å². The van der Waals surface area contributed by atoms with E-state index >= 15 is 0 Å². The van der Waals surface area contributed by atoms with Gasteiger partial charge in [0.15, 0.2) is 11.5 Å². The number of nitrogens with one attached hydrogen (secondary N) is 3. The molecule has 2 aliphatic heterocycles. The topological polar surface area (TPSA) is 88.3 Å². The Morgan fingerprint density at radius 3 is 2.88 bits per heavy atom. The van der Waals surface area contributed by atoms with E-state index in [0.29, 0.717) is 11.3 Å². The Kier molecular flexibility index (Phi) is 2.93. The van der Waals surface area contributed by atoms with Crippen LogP contribution in [0.15, 0.2) is 48.7 Å². The molecule has 5 rings (SSSR count). The lowest BCUT2D eigenvalue weighted by Gasteiger charge is -2.27. The fourth-order valence-electron chi connectivity index (χ4n) is 3.16. The van der Waals surface area contributed by atoms with Gasteiger partial charge in [-0.25, -0.2) is 0 Å². The van der Waals surface area contributed by atoms with Gasteiger partial charge in [0, 0.05) is 16.8 Å². The lowest BCUT2D eigenvalue weighted by Crippen LogP contribution is -2.38. The maximum absolute atomic E-state index is 12.4. The molecule has 0 saturated heterocycles. The van der Waals surface area contributed by atoms with E-state index in [2.05, 4.69) is 20.8 Å². The number of amides is 1. The van der Waals surface area contributed by atoms with Crippen molar-refractivity contribution in [3.05, 3.63) is 59.8 Å². The van der Waals surface area contributed by atoms with Crippen molar-refractivity contribution in [2.24, 2.45) is 0 Å². The van der Waals surface area contributed by atoms with Gasteiger partial charge in [0.25, 0.3) is 5.91 Å². The lowest BCUT2D eigenvalue weighted by molar-refractivity contribution is 0.0936. The van der Waals surface area contributed by atoms with Crippen LogP contribution in [0.3, 0.4) is 0 Å². The molecule has 0 fully saturated rings. The highest BCUT2D eigenvalue weighted by Gasteiger charge is 2.27. The smallest absolute Gasteiger partial charge is 0.255 e. The van der Waals surface area contributed by atoms with Crippen LogP contribution in [0.5, 0.6) is 11.5 Å². The number of anilines is 1. The molecule has 3 heterocycles. The number of hydrogen-bond acceptors (Lipinski definition) is 5. The van der Waals surface area contributed by atoms with Crippen molar-refractivity contribution in [1.82, 2.24) is 15.5 Å². The van der Waals surface area contributed by atoms with Gasteiger partial charge < -0.3 is 20.1 Å². The van der Waals surface area contributed by atoms with Crippen molar-refractivity contribution in [2.45, 2.75) is 6.17 Å². The number of ether oxygens (including phenoxy) is 2. The van der Waals surface area contributed by atoms with Crippen molar-refractivity contribution < 1.29 is 14.3 Å². The van der Waals surface area contributed by atoms with E-state index in [0.717, 1.165) is 28.3 Å². The Labute approximate surface area is 143 Å². The first-order valence-corrected chi connectivity index (χ1v) is 7.89. The molecule has 0 aliphatic carbocycles. The molecule has 1 aromatic heterocycles. The fraction of sp³-hybridized carbons (Fsp3) is 0.111. The van der Waals surface area contributed by atoms with E-state index < -0.39 is 0 Å². The molecular weight excluding hydrogens is 320 g/mol. The number of aromatic amines is 1. The minimum absolute atomic E-state index is 0.114. The first-order chi connectivity index (χ1) is 12.3. The molecule has 2 aliphatic rings. The van der Waals surface area contributed by atoms with E-state index in [1.165, 1.54) is 0 Å². The van der Waals surface area contributed by atoms with Crippen LogP contribution < -0.4 is 20.1 Å². The maximum atomic E-state index is 12.4. The van der Waals surface area contributed by atoms with Crippen molar-refractivity contribution in [1.29, 1.82) is 0 Å². The average Bonchev–Trinajstić information content (AvgIpc) is 3.30. The molecule has 2 aromatic carbocycles. The van der Waals surface area contributed by atoms with Crippen LogP contribution in [0.2, 0.25) is 0 Å². The Hall–Kier alpha value is -3.48. The summed E-state index contributed by atoms with van der Waals surface area (Å²) in [6, 6.07) is 13.1. The van der Waals surface area contributed by atoms with Gasteiger partial charge in [0.2, 0.25) is 6.79 Å². The zero-order valence-corrected chi connectivity index (χ0v) is 13.1. The predicted octanol–water partition coefficient (Wildman–Crippen LogP) is 2.66. The summed E-state index contributed by atoms with van der Waals surface area (Å²) >= 11 is 0. The second-order valence-corrected chi connectivity index (χ2v) is 5.86. The molecule has 1 atom stereocenters. The Balaban J connectivity index is 1.53. The molecule has 7 heteroatoms. The molecule has 1 amide bonds. The Bertz CT molecular complexity index is 982. The Morgan fingerprint density at radius 2 is 1.92 bits per heavy atom. The summed E-state index contributed by atoms with van der Waals surface area (Å²) < 4.78 is 10.8. The normalized spacial score (nSPS) is 17.6. The van der Waals surface area contributed by atoms with E-state index in [-0.39, 0.29) is 18.9 Å². The summed E-state index contributed by atoms with van der Waals surface area (Å²) in [5.41, 5.74) is 4.00. The molecular formula is C18H14N4O3. The number of fused-ring (bicyclic) bond motifs is 2. The van der Waals surface area contributed by atoms with Crippen LogP contribution in [-0.2, 0) is 0 Å². The molecule has 1 unspecified atom stereocenters. The third kappa shape index (κ3) is 2.20. The summed E-state index contributed by atoms with van der Waals surface area (Å²) in [6.07, 6.45) is 1.34. The van der Waals surface area contributed by atoms with E-state index in [4.69, 9.17) is 9.47 Å². The summed E-state index contributed by atoms with van der Waals surface area (Å²) in [5.74, 6) is 1.31. The van der Waals surface area contributed by atoms with Crippen molar-refractivity contribution in [2.75, 3.05) is 12.1 Å². The van der Waals surface area contributed by atoms with Gasteiger partial charge in [-0.3, -0.25) is 9.89 Å². The predicted molar refractivity (Wildman–Crippen MR) is 90.4 cm³/mol. The summed E-state index contributed by atoms with van der Waals surface area (Å²) in [7, 11) is 0. The summed E-state index contributed by atoms with van der Waals surface area (Å²) in [4.78, 5) is 12.4. The van der Waals surface area contributed by atoms with Gasteiger partial charge in [-0.2, -0.15) is 5.10 Å². The van der Waals surface area contributed by atoms with Crippen LogP contribution in [0.25, 0.3) is 11.3 Å². The number of carbonyl (C=O) groups is 1. The summed E-state index contributed by atoms with van der Waals surface area (Å²) in [5, 5.41) is 13.5. The van der Waals surface area contributed by atoms with Crippen molar-refractivity contribution >= 4 is 11.6 Å². The number of hydrogen-bond donors (Lipinski definition) is 3. The van der Waals surface area contributed by atoms with Crippen LogP contribution in [0.4, 0.5) is 5.69 Å². The second-order valence-electron chi connectivity index (χ2n) is 5.86. The molecule has 124 valence electrons. The number of rotatable bonds is 2. The van der Waals surface area contributed by atoms with Gasteiger partial charge in [-0.15, -0.1) is 0 Å². The first kappa shape index (κ1) is 13.9. The lowest BCUT2D eigenvalue weighted by atomic mass is 10.0. The van der Waals surface area contributed by atoms with Gasteiger partial charge in [0.1, 0.15) is 6.17 Å². The van der Waals surface area contributed by atoms with Gasteiger partial charge >= 0.3 is 0 Å². The van der Waals surface area contributed by atoms with Crippen LogP contribution in [0, 0.1) is 0 Å². The average molecular weight is 334 g/mol. The number of nitrogens with zero attached hydrogens (tertiary/aromatic N) is 1. The first-order valence-electron chi connectivity index (χ1n) is 7.89. The van der Waals surface area contributed by atoms with Crippen LogP contribution >= 0.6 is 0 Å². The quantitative estimate of drug-likeness (QED) is 0.670. The van der Waals surface area contributed by atoms with E-state index in [1.54, 1.807) is 12.3 Å². The van der Waals surface area contributed by atoms with Gasteiger partial charge in [-0.05, 0) is 30.3 Å². The van der Waals surface area contributed by atoms with Gasteiger partial charge in [0.05, 0.1) is 17.5 Å². The molecule has 3 N–H and O–H groups in total. The molecule has 0 radical (unpaired) electrons. The minimum atomic E-state index is -0.374. The molecule has 3 aromatic rings. The zero-order valence-electron chi connectivity index (χ0n) is 13.1. The molecule has 7 nitrogen and oxygen atoms in total. The molecule has 25 heavy (non-hydrogen) atoms. The van der Waals surface area contributed by atoms with E-state index in [1.807, 2.05) is 36.4 Å². The highest BCUT2D eigenvalue weighted by Crippen LogP contribution is 2.37. The highest BCUT2D eigenvalue weighted by atomic mass is 16.7. The minimum Gasteiger partial charge on any atom is -0.454 e. The second kappa shape index (κ2) is 5.27. The fourth-order valence-corrected chi connectivity index (χ4v) is 3.16.